The zero-order valence-electron chi connectivity index (χ0n) is 9.48. The summed E-state index contributed by atoms with van der Waals surface area (Å²) in [4.78, 5) is 3.91. The van der Waals surface area contributed by atoms with Crippen LogP contribution in [0, 0.1) is 0 Å². The van der Waals surface area contributed by atoms with E-state index < -0.39 is 6.10 Å². The predicted molar refractivity (Wildman–Crippen MR) is 76.5 cm³/mol. The Kier molecular flexibility index (Phi) is 4.22. The van der Waals surface area contributed by atoms with Crippen LogP contribution in [0.2, 0.25) is 5.02 Å². The smallest absolute Gasteiger partial charge is 0.0841 e. The van der Waals surface area contributed by atoms with Crippen molar-refractivity contribution >= 4 is 33.2 Å². The zero-order valence-corrected chi connectivity index (χ0v) is 11.8. The number of aliphatic hydroxyl groups excluding tert-OH is 1. The van der Waals surface area contributed by atoms with Crippen LogP contribution >= 0.6 is 27.5 Å². The van der Waals surface area contributed by atoms with Crippen LogP contribution in [0.15, 0.2) is 41.1 Å². The lowest BCUT2D eigenvalue weighted by Gasteiger charge is -2.14. The summed E-state index contributed by atoms with van der Waals surface area (Å²) in [7, 11) is 0. The van der Waals surface area contributed by atoms with Crippen LogP contribution in [0.25, 0.3) is 0 Å². The first-order valence-corrected chi connectivity index (χ1v) is 6.56. The molecule has 0 saturated carbocycles. The number of halogens is 2. The fourth-order valence-corrected chi connectivity index (χ4v) is 2.56. The van der Waals surface area contributed by atoms with Crippen molar-refractivity contribution in [1.82, 2.24) is 4.98 Å². The topological polar surface area (TPSA) is 59.1 Å². The molecular weight excluding hydrogens is 316 g/mol. The molecule has 0 radical (unpaired) electrons. The van der Waals surface area contributed by atoms with E-state index in [1.807, 2.05) is 0 Å². The molecule has 1 heterocycles. The van der Waals surface area contributed by atoms with Gasteiger partial charge in [-0.3, -0.25) is 4.98 Å². The lowest BCUT2D eigenvalue weighted by molar-refractivity contribution is 0.177. The lowest BCUT2D eigenvalue weighted by Crippen LogP contribution is -2.04. The SMILES string of the molecule is Nc1ccc(C(O)Cc2ccncc2Cl)c(Br)c1. The number of nitrogens with two attached hydrogens (primary N) is 1. The molecule has 0 aliphatic rings. The summed E-state index contributed by atoms with van der Waals surface area (Å²) in [5, 5.41) is 10.8. The van der Waals surface area contributed by atoms with E-state index in [1.54, 1.807) is 36.7 Å². The van der Waals surface area contributed by atoms with Crippen molar-refractivity contribution in [1.29, 1.82) is 0 Å². The number of nitrogens with zero attached hydrogens (tertiary/aromatic N) is 1. The minimum atomic E-state index is -0.639. The van der Waals surface area contributed by atoms with Gasteiger partial charge < -0.3 is 10.8 Å². The van der Waals surface area contributed by atoms with E-state index >= 15 is 0 Å². The molecule has 2 rings (SSSR count). The maximum Gasteiger partial charge on any atom is 0.0841 e. The highest BCUT2D eigenvalue weighted by molar-refractivity contribution is 9.10. The van der Waals surface area contributed by atoms with Gasteiger partial charge in [0.1, 0.15) is 0 Å². The van der Waals surface area contributed by atoms with E-state index in [0.717, 1.165) is 15.6 Å². The van der Waals surface area contributed by atoms with Crippen LogP contribution in [-0.4, -0.2) is 10.1 Å². The zero-order chi connectivity index (χ0) is 13.1. The molecule has 1 unspecified atom stereocenters. The molecule has 0 amide bonds. The largest absolute Gasteiger partial charge is 0.399 e. The molecule has 1 aromatic heterocycles. The molecule has 0 saturated heterocycles. The van der Waals surface area contributed by atoms with Crippen LogP contribution in [0.1, 0.15) is 17.2 Å². The Hall–Kier alpha value is -1.10. The molecule has 3 nitrogen and oxygen atoms in total. The minimum Gasteiger partial charge on any atom is -0.399 e. The molecule has 1 atom stereocenters. The second kappa shape index (κ2) is 5.69. The molecule has 94 valence electrons. The lowest BCUT2D eigenvalue weighted by atomic mass is 10.0. The van der Waals surface area contributed by atoms with Crippen LogP contribution in [0.5, 0.6) is 0 Å². The summed E-state index contributed by atoms with van der Waals surface area (Å²) >= 11 is 9.41. The maximum atomic E-state index is 10.2. The number of benzene rings is 1. The standard InChI is InChI=1S/C13H12BrClN2O/c14-11-6-9(16)1-2-10(11)13(18)5-8-3-4-17-7-12(8)15/h1-4,6-7,13,18H,5,16H2. The number of anilines is 1. The second-order valence-corrected chi connectivity index (χ2v) is 5.23. The number of aliphatic hydroxyl groups is 1. The van der Waals surface area contributed by atoms with Gasteiger partial charge in [-0.25, -0.2) is 0 Å². The average molecular weight is 328 g/mol. The summed E-state index contributed by atoms with van der Waals surface area (Å²) in [5.74, 6) is 0. The first kappa shape index (κ1) is 13.3. The van der Waals surface area contributed by atoms with E-state index in [2.05, 4.69) is 20.9 Å². The van der Waals surface area contributed by atoms with Crippen molar-refractivity contribution in [2.45, 2.75) is 12.5 Å². The second-order valence-electron chi connectivity index (χ2n) is 3.97. The van der Waals surface area contributed by atoms with Gasteiger partial charge in [0, 0.05) is 29.0 Å². The number of aromatic nitrogens is 1. The van der Waals surface area contributed by atoms with Crippen molar-refractivity contribution in [2.24, 2.45) is 0 Å². The quantitative estimate of drug-likeness (QED) is 0.850. The normalized spacial score (nSPS) is 12.4. The van der Waals surface area contributed by atoms with Crippen molar-refractivity contribution < 1.29 is 5.11 Å². The van der Waals surface area contributed by atoms with Gasteiger partial charge in [0.15, 0.2) is 0 Å². The Morgan fingerprint density at radius 2 is 2.17 bits per heavy atom. The number of hydrogen-bond acceptors (Lipinski definition) is 3. The third-order valence-electron chi connectivity index (χ3n) is 2.65. The molecule has 3 N–H and O–H groups in total. The summed E-state index contributed by atoms with van der Waals surface area (Å²) < 4.78 is 0.792. The number of pyridine rings is 1. The first-order valence-electron chi connectivity index (χ1n) is 5.39. The highest BCUT2D eigenvalue weighted by Crippen LogP contribution is 2.29. The van der Waals surface area contributed by atoms with E-state index in [4.69, 9.17) is 17.3 Å². The third-order valence-corrected chi connectivity index (χ3v) is 3.68. The van der Waals surface area contributed by atoms with Crippen molar-refractivity contribution in [3.8, 4) is 0 Å². The molecule has 5 heteroatoms. The van der Waals surface area contributed by atoms with Gasteiger partial charge in [-0.05, 0) is 29.3 Å². The summed E-state index contributed by atoms with van der Waals surface area (Å²) in [6, 6.07) is 7.14. The van der Waals surface area contributed by atoms with E-state index in [-0.39, 0.29) is 0 Å². The van der Waals surface area contributed by atoms with Crippen LogP contribution in [-0.2, 0) is 6.42 Å². The van der Waals surface area contributed by atoms with Gasteiger partial charge in [0.2, 0.25) is 0 Å². The highest BCUT2D eigenvalue weighted by Gasteiger charge is 2.13. The Morgan fingerprint density at radius 3 is 2.83 bits per heavy atom. The predicted octanol–water partition coefficient (Wildman–Crippen LogP) is 3.36. The Morgan fingerprint density at radius 1 is 1.39 bits per heavy atom. The highest BCUT2D eigenvalue weighted by atomic mass is 79.9. The van der Waals surface area contributed by atoms with Gasteiger partial charge >= 0.3 is 0 Å². The molecule has 0 aliphatic heterocycles. The number of nitrogen functional groups attached to an aromatic ring is 1. The van der Waals surface area contributed by atoms with Gasteiger partial charge in [-0.15, -0.1) is 0 Å². The molecule has 18 heavy (non-hydrogen) atoms. The monoisotopic (exact) mass is 326 g/mol. The summed E-state index contributed by atoms with van der Waals surface area (Å²) in [6.45, 7) is 0. The van der Waals surface area contributed by atoms with Gasteiger partial charge in [-0.1, -0.05) is 33.6 Å². The number of rotatable bonds is 3. The van der Waals surface area contributed by atoms with E-state index in [0.29, 0.717) is 17.1 Å². The van der Waals surface area contributed by atoms with Gasteiger partial charge in [-0.2, -0.15) is 0 Å². The molecule has 0 fully saturated rings. The average Bonchev–Trinajstić information content (AvgIpc) is 2.32. The third kappa shape index (κ3) is 3.02. The van der Waals surface area contributed by atoms with E-state index in [9.17, 15) is 5.11 Å². The molecule has 0 aliphatic carbocycles. The van der Waals surface area contributed by atoms with Crippen molar-refractivity contribution in [2.75, 3.05) is 5.73 Å². The Labute approximate surface area is 119 Å². The fourth-order valence-electron chi connectivity index (χ4n) is 1.70. The molecule has 0 spiro atoms. The number of hydrogen-bond donors (Lipinski definition) is 2. The van der Waals surface area contributed by atoms with Crippen LogP contribution in [0.3, 0.4) is 0 Å². The molecular formula is C13H12BrClN2O. The Balaban J connectivity index is 2.22. The Bertz CT molecular complexity index is 562. The van der Waals surface area contributed by atoms with Crippen LogP contribution in [0.4, 0.5) is 5.69 Å². The minimum absolute atomic E-state index is 0.434. The summed E-state index contributed by atoms with van der Waals surface area (Å²) in [5.41, 5.74) is 7.97. The van der Waals surface area contributed by atoms with Crippen LogP contribution < -0.4 is 5.73 Å². The molecule has 0 bridgehead atoms. The van der Waals surface area contributed by atoms with E-state index in [1.165, 1.54) is 0 Å². The first-order chi connectivity index (χ1) is 8.58. The fraction of sp³-hybridized carbons (Fsp3) is 0.154. The maximum absolute atomic E-state index is 10.2. The van der Waals surface area contributed by atoms with Gasteiger partial charge in [0.25, 0.3) is 0 Å². The van der Waals surface area contributed by atoms with Crippen molar-refractivity contribution in [3.05, 3.63) is 57.3 Å². The summed E-state index contributed by atoms with van der Waals surface area (Å²) in [6.07, 6.45) is 3.03. The van der Waals surface area contributed by atoms with Gasteiger partial charge in [0.05, 0.1) is 11.1 Å². The molecule has 2 aromatic rings. The molecule has 1 aromatic carbocycles. The van der Waals surface area contributed by atoms with Crippen molar-refractivity contribution in [3.63, 3.8) is 0 Å².